The standard InChI is InChI=1S/C22H22FN3O4/c1-13(20(27)24-12-14-4-7-16(23)8-5-14)30-22(29)15-6-9-18-17(11-15)25-21(28)19-3-2-10-26(18)19/h4-9,11,13,19H,2-3,10,12H2,1H3,(H,24,27)(H,25,28)/t13-,19-/m1/s1. The number of carbonyl (C=O) groups excluding carboxylic acids is 3. The Hall–Kier alpha value is -3.42. The second-order valence-electron chi connectivity index (χ2n) is 7.46. The van der Waals surface area contributed by atoms with E-state index in [1.165, 1.54) is 19.1 Å². The van der Waals surface area contributed by atoms with Gasteiger partial charge in [0.2, 0.25) is 5.91 Å². The van der Waals surface area contributed by atoms with Crippen LogP contribution >= 0.6 is 0 Å². The topological polar surface area (TPSA) is 87.7 Å². The van der Waals surface area contributed by atoms with Crippen LogP contribution in [0.3, 0.4) is 0 Å². The van der Waals surface area contributed by atoms with Crippen molar-refractivity contribution in [1.29, 1.82) is 0 Å². The molecule has 7 nitrogen and oxygen atoms in total. The summed E-state index contributed by atoms with van der Waals surface area (Å²) in [7, 11) is 0. The summed E-state index contributed by atoms with van der Waals surface area (Å²) in [4.78, 5) is 39.0. The molecule has 2 amide bonds. The van der Waals surface area contributed by atoms with Gasteiger partial charge in [0.1, 0.15) is 11.9 Å². The van der Waals surface area contributed by atoms with Crippen molar-refractivity contribution in [2.24, 2.45) is 0 Å². The molecule has 8 heteroatoms. The lowest BCUT2D eigenvalue weighted by Crippen LogP contribution is -2.44. The molecule has 0 aromatic heterocycles. The second kappa shape index (κ2) is 8.14. The summed E-state index contributed by atoms with van der Waals surface area (Å²) in [5.41, 5.74) is 2.44. The molecule has 1 saturated heterocycles. The zero-order valence-corrected chi connectivity index (χ0v) is 16.5. The first-order valence-electron chi connectivity index (χ1n) is 9.87. The molecule has 2 aliphatic rings. The normalized spacial score (nSPS) is 18.1. The number of amides is 2. The van der Waals surface area contributed by atoms with Gasteiger partial charge in [0.05, 0.1) is 16.9 Å². The quantitative estimate of drug-likeness (QED) is 0.739. The van der Waals surface area contributed by atoms with E-state index in [9.17, 15) is 18.8 Å². The monoisotopic (exact) mass is 411 g/mol. The summed E-state index contributed by atoms with van der Waals surface area (Å²) in [5, 5.41) is 5.50. The Labute approximate surface area is 173 Å². The number of nitrogens with one attached hydrogen (secondary N) is 2. The van der Waals surface area contributed by atoms with Crippen molar-refractivity contribution in [3.05, 3.63) is 59.4 Å². The third-order valence-electron chi connectivity index (χ3n) is 5.39. The van der Waals surface area contributed by atoms with Crippen molar-refractivity contribution in [3.63, 3.8) is 0 Å². The van der Waals surface area contributed by atoms with Gasteiger partial charge in [-0.2, -0.15) is 0 Å². The highest BCUT2D eigenvalue weighted by Crippen LogP contribution is 2.37. The maximum atomic E-state index is 12.9. The average molecular weight is 411 g/mol. The SMILES string of the molecule is C[C@@H](OC(=O)c1ccc2c(c1)NC(=O)[C@H]1CCCN21)C(=O)NCc1ccc(F)cc1. The number of ether oxygens (including phenoxy) is 1. The third-order valence-corrected chi connectivity index (χ3v) is 5.39. The number of carbonyl (C=O) groups is 3. The maximum absolute atomic E-state index is 12.9. The number of esters is 1. The van der Waals surface area contributed by atoms with E-state index in [4.69, 9.17) is 4.74 Å². The number of halogens is 1. The molecule has 2 heterocycles. The van der Waals surface area contributed by atoms with Crippen molar-refractivity contribution in [3.8, 4) is 0 Å². The Bertz CT molecular complexity index is 992. The first-order chi connectivity index (χ1) is 14.4. The van der Waals surface area contributed by atoms with Crippen molar-refractivity contribution in [1.82, 2.24) is 5.32 Å². The van der Waals surface area contributed by atoms with E-state index in [1.54, 1.807) is 30.3 Å². The van der Waals surface area contributed by atoms with Crippen LogP contribution in [0.4, 0.5) is 15.8 Å². The number of hydrogen-bond donors (Lipinski definition) is 2. The Morgan fingerprint density at radius 2 is 2.03 bits per heavy atom. The smallest absolute Gasteiger partial charge is 0.338 e. The summed E-state index contributed by atoms with van der Waals surface area (Å²) in [6.45, 7) is 2.48. The van der Waals surface area contributed by atoms with Gasteiger partial charge in [-0.25, -0.2) is 9.18 Å². The third kappa shape index (κ3) is 3.98. The fraction of sp³-hybridized carbons (Fsp3) is 0.318. The van der Waals surface area contributed by atoms with Gasteiger partial charge in [-0.15, -0.1) is 0 Å². The van der Waals surface area contributed by atoms with Crippen molar-refractivity contribution in [2.45, 2.75) is 38.5 Å². The highest BCUT2D eigenvalue weighted by atomic mass is 19.1. The van der Waals surface area contributed by atoms with Crippen LogP contribution in [0, 0.1) is 5.82 Å². The van der Waals surface area contributed by atoms with Crippen LogP contribution in [0.1, 0.15) is 35.7 Å². The lowest BCUT2D eigenvalue weighted by atomic mass is 10.1. The van der Waals surface area contributed by atoms with E-state index in [1.807, 2.05) is 0 Å². The molecular weight excluding hydrogens is 389 g/mol. The molecule has 4 rings (SSSR count). The fourth-order valence-electron chi connectivity index (χ4n) is 3.77. The first-order valence-corrected chi connectivity index (χ1v) is 9.87. The zero-order valence-electron chi connectivity index (χ0n) is 16.5. The van der Waals surface area contributed by atoms with E-state index < -0.39 is 18.0 Å². The molecule has 0 radical (unpaired) electrons. The minimum absolute atomic E-state index is 0.0703. The molecule has 0 bridgehead atoms. The van der Waals surface area contributed by atoms with E-state index in [-0.39, 0.29) is 29.9 Å². The predicted molar refractivity (Wildman–Crippen MR) is 109 cm³/mol. The van der Waals surface area contributed by atoms with Crippen LogP contribution in [-0.4, -0.2) is 36.5 Å². The summed E-state index contributed by atoms with van der Waals surface area (Å²) in [6.07, 6.45) is 0.761. The molecule has 2 aromatic rings. The number of hydrogen-bond acceptors (Lipinski definition) is 5. The average Bonchev–Trinajstić information content (AvgIpc) is 3.23. The lowest BCUT2D eigenvalue weighted by molar-refractivity contribution is -0.129. The highest BCUT2D eigenvalue weighted by molar-refractivity contribution is 6.05. The summed E-state index contributed by atoms with van der Waals surface area (Å²) < 4.78 is 18.2. The number of nitrogens with zero attached hydrogens (tertiary/aromatic N) is 1. The first kappa shape index (κ1) is 19.9. The van der Waals surface area contributed by atoms with Crippen molar-refractivity contribution in [2.75, 3.05) is 16.8 Å². The zero-order chi connectivity index (χ0) is 21.3. The van der Waals surface area contributed by atoms with Gasteiger partial charge in [0, 0.05) is 13.1 Å². The Morgan fingerprint density at radius 3 is 2.80 bits per heavy atom. The predicted octanol–water partition coefficient (Wildman–Crippen LogP) is 2.61. The molecule has 2 aromatic carbocycles. The molecule has 2 atom stereocenters. The lowest BCUT2D eigenvalue weighted by Gasteiger charge is -2.33. The molecule has 0 saturated carbocycles. The molecule has 2 aliphatic heterocycles. The van der Waals surface area contributed by atoms with Crippen LogP contribution in [0.5, 0.6) is 0 Å². The number of fused-ring (bicyclic) bond motifs is 3. The minimum atomic E-state index is -1.01. The Kier molecular flexibility index (Phi) is 5.39. The highest BCUT2D eigenvalue weighted by Gasteiger charge is 2.36. The second-order valence-corrected chi connectivity index (χ2v) is 7.46. The molecule has 30 heavy (non-hydrogen) atoms. The molecule has 0 aliphatic carbocycles. The van der Waals surface area contributed by atoms with Crippen LogP contribution in [-0.2, 0) is 20.9 Å². The Morgan fingerprint density at radius 1 is 1.27 bits per heavy atom. The number of anilines is 2. The molecule has 156 valence electrons. The fourth-order valence-corrected chi connectivity index (χ4v) is 3.77. The van der Waals surface area contributed by atoms with Gasteiger partial charge in [0.25, 0.3) is 5.91 Å². The molecule has 0 unspecified atom stereocenters. The largest absolute Gasteiger partial charge is 0.449 e. The van der Waals surface area contributed by atoms with E-state index in [2.05, 4.69) is 15.5 Å². The van der Waals surface area contributed by atoms with Gasteiger partial charge in [-0.05, 0) is 55.7 Å². The van der Waals surface area contributed by atoms with Crippen molar-refractivity contribution < 1.29 is 23.5 Å². The van der Waals surface area contributed by atoms with Gasteiger partial charge < -0.3 is 20.3 Å². The molecule has 1 fully saturated rings. The minimum Gasteiger partial charge on any atom is -0.449 e. The maximum Gasteiger partial charge on any atom is 0.338 e. The number of rotatable bonds is 5. The van der Waals surface area contributed by atoms with Gasteiger partial charge in [-0.1, -0.05) is 12.1 Å². The van der Waals surface area contributed by atoms with Gasteiger partial charge in [-0.3, -0.25) is 9.59 Å². The van der Waals surface area contributed by atoms with Gasteiger partial charge >= 0.3 is 5.97 Å². The van der Waals surface area contributed by atoms with Gasteiger partial charge in [0.15, 0.2) is 6.10 Å². The van der Waals surface area contributed by atoms with E-state index in [0.717, 1.165) is 30.6 Å². The van der Waals surface area contributed by atoms with Crippen LogP contribution in [0.15, 0.2) is 42.5 Å². The number of benzene rings is 2. The summed E-state index contributed by atoms with van der Waals surface area (Å²) >= 11 is 0. The summed E-state index contributed by atoms with van der Waals surface area (Å²) in [6, 6.07) is 10.6. The molecular formula is C22H22FN3O4. The van der Waals surface area contributed by atoms with E-state index in [0.29, 0.717) is 5.69 Å². The summed E-state index contributed by atoms with van der Waals surface area (Å²) in [5.74, 6) is -1.54. The molecule has 2 N–H and O–H groups in total. The van der Waals surface area contributed by atoms with Crippen molar-refractivity contribution >= 4 is 29.2 Å². The molecule has 0 spiro atoms. The Balaban J connectivity index is 1.37. The van der Waals surface area contributed by atoms with Crippen LogP contribution in [0.2, 0.25) is 0 Å². The van der Waals surface area contributed by atoms with Crippen LogP contribution in [0.25, 0.3) is 0 Å². The van der Waals surface area contributed by atoms with E-state index >= 15 is 0 Å². The van der Waals surface area contributed by atoms with Crippen LogP contribution < -0.4 is 15.5 Å².